The molecule has 1 unspecified atom stereocenters. The highest BCUT2D eigenvalue weighted by atomic mass is 127. The summed E-state index contributed by atoms with van der Waals surface area (Å²) >= 11 is 0. The van der Waals surface area contributed by atoms with Gasteiger partial charge in [-0.2, -0.15) is 9.90 Å². The van der Waals surface area contributed by atoms with Crippen molar-refractivity contribution in [1.29, 1.82) is 0 Å². The molecule has 3 rings (SSSR count). The lowest BCUT2D eigenvalue weighted by molar-refractivity contribution is -0.00000431. The predicted molar refractivity (Wildman–Crippen MR) is 122 cm³/mol. The van der Waals surface area contributed by atoms with Gasteiger partial charge in [0.2, 0.25) is 0 Å². The van der Waals surface area contributed by atoms with Gasteiger partial charge in [-0.25, -0.2) is 0 Å². The van der Waals surface area contributed by atoms with E-state index in [-0.39, 0.29) is 57.9 Å². The fourth-order valence-corrected chi connectivity index (χ4v) is 7.08. The van der Waals surface area contributed by atoms with E-state index in [2.05, 4.69) is 97.9 Å². The zero-order valence-electron chi connectivity index (χ0n) is 13.8. The zero-order valence-corrected chi connectivity index (χ0v) is 20.6. The van der Waals surface area contributed by atoms with Gasteiger partial charge in [-0.1, -0.05) is 54.6 Å². The highest BCUT2D eigenvalue weighted by molar-refractivity contribution is 14.0. The van der Waals surface area contributed by atoms with Crippen LogP contribution in [-0.4, -0.2) is 6.16 Å². The Bertz CT molecular complexity index is 592. The lowest BCUT2D eigenvalue weighted by atomic mass is 10.4. The van der Waals surface area contributed by atoms with E-state index in [1.807, 2.05) is 0 Å². The van der Waals surface area contributed by atoms with Gasteiger partial charge in [0.15, 0.2) is 0 Å². The average Bonchev–Trinajstić information content (AvgIpc) is 2.59. The fourth-order valence-electron chi connectivity index (χ4n) is 3.04. The first-order valence-corrected chi connectivity index (χ1v) is 9.40. The Balaban J connectivity index is 0.00000176. The van der Waals surface area contributed by atoms with Crippen LogP contribution in [0.5, 0.6) is 0 Å². The van der Waals surface area contributed by atoms with Crippen molar-refractivity contribution < 1.29 is 24.0 Å². The minimum atomic E-state index is -1.53. The fraction of sp³-hybridized carbons (Fsp3) is 0.100. The van der Waals surface area contributed by atoms with Crippen LogP contribution in [0.1, 0.15) is 6.92 Å². The minimum absolute atomic E-state index is 0. The van der Waals surface area contributed by atoms with Crippen molar-refractivity contribution in [3.63, 3.8) is 0 Å². The quantitative estimate of drug-likeness (QED) is 0.326. The molecule has 4 heteroatoms. The van der Waals surface area contributed by atoms with Crippen molar-refractivity contribution in [2.75, 3.05) is 6.16 Å². The molecule has 0 nitrogen and oxygen atoms in total. The molecule has 0 radical (unpaired) electrons. The first kappa shape index (κ1) is 24.0. The first-order chi connectivity index (χ1) is 10.4. The Hall–Kier alpha value is -0.0200. The summed E-state index contributed by atoms with van der Waals surface area (Å²) in [6.07, 6.45) is 1.14. The number of rotatable bonds is 4. The Morgan fingerprint density at radius 2 is 0.833 bits per heavy atom. The Kier molecular flexibility index (Phi) is 11.6. The maximum absolute atomic E-state index is 2.32. The van der Waals surface area contributed by atoms with Crippen LogP contribution in [0, 0.1) is 0 Å². The molecule has 0 N–H and O–H groups in total. The van der Waals surface area contributed by atoms with Gasteiger partial charge in [-0.15, -0.1) is 24.0 Å². The maximum atomic E-state index is 2.32. The summed E-state index contributed by atoms with van der Waals surface area (Å²) in [6.45, 7) is 2.32. The van der Waals surface area contributed by atoms with E-state index < -0.39 is 7.26 Å². The van der Waals surface area contributed by atoms with Gasteiger partial charge >= 0.3 is 0 Å². The summed E-state index contributed by atoms with van der Waals surface area (Å²) in [5, 5.41) is 4.39. The molecule has 3 aromatic rings. The molecule has 3 aromatic carbocycles. The van der Waals surface area contributed by atoms with Crippen LogP contribution in [0.3, 0.4) is 0 Å². The highest BCUT2D eigenvalue weighted by Crippen LogP contribution is 2.54. The summed E-state index contributed by atoms with van der Waals surface area (Å²) < 4.78 is 0. The third-order valence-corrected chi connectivity index (χ3v) is 8.55. The van der Waals surface area contributed by atoms with Crippen LogP contribution in [0.4, 0.5) is 0 Å². The van der Waals surface area contributed by atoms with Gasteiger partial charge in [0.25, 0.3) is 0 Å². The smallest absolute Gasteiger partial charge is 0.111 e. The Labute approximate surface area is 183 Å². The van der Waals surface area contributed by atoms with Crippen LogP contribution in [0.15, 0.2) is 91.0 Å². The topological polar surface area (TPSA) is 0 Å². The molecule has 0 bridgehead atoms. The van der Waals surface area contributed by atoms with E-state index >= 15 is 0 Å². The lowest BCUT2D eigenvalue weighted by Crippen LogP contribution is -3.00. The molecule has 0 aliphatic heterocycles. The van der Waals surface area contributed by atoms with E-state index in [1.54, 1.807) is 0 Å². The number of hydrogen-bond donors (Lipinski definition) is 0. The molecule has 0 amide bonds. The molecule has 0 aliphatic carbocycles. The first-order valence-electron chi connectivity index (χ1n) is 7.43. The van der Waals surface area contributed by atoms with Crippen LogP contribution in [0.25, 0.3) is 0 Å². The molecule has 0 aromatic heterocycles. The van der Waals surface area contributed by atoms with Crippen molar-refractivity contribution in [2.24, 2.45) is 0 Å². The Morgan fingerprint density at radius 1 is 0.583 bits per heavy atom. The van der Waals surface area contributed by atoms with Gasteiger partial charge in [-0.3, -0.25) is 0 Å². The van der Waals surface area contributed by atoms with Crippen molar-refractivity contribution in [1.82, 2.24) is 0 Å². The molecule has 24 heavy (non-hydrogen) atoms. The van der Waals surface area contributed by atoms with Crippen molar-refractivity contribution in [2.45, 2.75) is 6.92 Å². The molecule has 0 fully saturated rings. The largest absolute Gasteiger partial charge is 1.00 e. The molecule has 0 saturated heterocycles. The van der Waals surface area contributed by atoms with Gasteiger partial charge in [-0.05, 0) is 43.3 Å². The summed E-state index contributed by atoms with van der Waals surface area (Å²) in [7, 11) is -1.53. The lowest BCUT2D eigenvalue weighted by Gasteiger charge is -2.26. The molecule has 1 atom stereocenters. The summed E-state index contributed by atoms with van der Waals surface area (Å²) in [4.78, 5) is 0. The number of halogens is 2. The standard InChI is InChI=1S/C20H20P.2HI.H3P/c1-2-21(18-12-6-3-7-13-18,19-14-8-4-9-15-19)20-16-10-5-11-17-20;;;/h3-17H,2H2,1H3;2*1H;1H3/q+1;;;/p-1. The molecule has 0 heterocycles. The van der Waals surface area contributed by atoms with Crippen molar-refractivity contribution in [3.8, 4) is 0 Å². The highest BCUT2D eigenvalue weighted by Gasteiger charge is 2.43. The van der Waals surface area contributed by atoms with Gasteiger partial charge < -0.3 is 24.0 Å². The van der Waals surface area contributed by atoms with Gasteiger partial charge in [0, 0.05) is 0 Å². The summed E-state index contributed by atoms with van der Waals surface area (Å²) in [5.74, 6) is 0. The van der Waals surface area contributed by atoms with E-state index in [0.29, 0.717) is 0 Å². The monoisotopic (exact) mass is 580 g/mol. The molecule has 0 spiro atoms. The third kappa shape index (κ3) is 4.78. The SMILES string of the molecule is CC[P+](c1ccccc1)(c1ccccc1)c1ccccc1.I.P.[I-]. The van der Waals surface area contributed by atoms with Crippen molar-refractivity contribution in [3.05, 3.63) is 91.0 Å². The minimum Gasteiger partial charge on any atom is -1.00 e. The molecule has 128 valence electrons. The van der Waals surface area contributed by atoms with Gasteiger partial charge in [0.1, 0.15) is 23.2 Å². The van der Waals surface area contributed by atoms with E-state index in [0.717, 1.165) is 6.16 Å². The van der Waals surface area contributed by atoms with Crippen LogP contribution in [0.2, 0.25) is 0 Å². The number of benzene rings is 3. The Morgan fingerprint density at radius 3 is 1.04 bits per heavy atom. The molecular formula is C20H24I2P2. The van der Waals surface area contributed by atoms with Crippen LogP contribution < -0.4 is 39.9 Å². The summed E-state index contributed by atoms with van der Waals surface area (Å²) in [6, 6.07) is 33.0. The maximum Gasteiger partial charge on any atom is 0.111 e. The normalized spacial score (nSPS) is 9.88. The molecule has 0 aliphatic rings. The zero-order chi connectivity index (χ0) is 14.5. The average molecular weight is 580 g/mol. The second kappa shape index (κ2) is 11.6. The van der Waals surface area contributed by atoms with Crippen molar-refractivity contribution >= 4 is 57.1 Å². The second-order valence-corrected chi connectivity index (χ2v) is 8.93. The summed E-state index contributed by atoms with van der Waals surface area (Å²) in [5.41, 5.74) is 0. The third-order valence-electron chi connectivity index (χ3n) is 4.07. The van der Waals surface area contributed by atoms with Crippen LogP contribution >= 0.6 is 41.1 Å². The molecule has 0 saturated carbocycles. The molecular weight excluding hydrogens is 556 g/mol. The second-order valence-electron chi connectivity index (χ2n) is 5.13. The predicted octanol–water partition coefficient (Wildman–Crippen LogP) is 1.68. The van der Waals surface area contributed by atoms with Crippen LogP contribution in [-0.2, 0) is 0 Å². The van der Waals surface area contributed by atoms with E-state index in [9.17, 15) is 0 Å². The van der Waals surface area contributed by atoms with E-state index in [1.165, 1.54) is 15.9 Å². The van der Waals surface area contributed by atoms with Gasteiger partial charge in [0.05, 0.1) is 6.16 Å². The number of hydrogen-bond acceptors (Lipinski definition) is 0. The van der Waals surface area contributed by atoms with E-state index in [4.69, 9.17) is 0 Å².